The van der Waals surface area contributed by atoms with Crippen LogP contribution in [0.2, 0.25) is 0 Å². The fraction of sp³-hybridized carbons (Fsp3) is 0.500. The van der Waals surface area contributed by atoms with E-state index in [1.54, 1.807) is 17.1 Å². The Labute approximate surface area is 193 Å². The fourth-order valence-electron chi connectivity index (χ4n) is 2.68. The molecule has 2 N–H and O–H groups in total. The van der Waals surface area contributed by atoms with Gasteiger partial charge in [0.15, 0.2) is 0 Å². The first kappa shape index (κ1) is 27.5. The number of carbonyl (C=O) groups is 1. The molecule has 0 radical (unpaired) electrons. The molecule has 0 saturated heterocycles. The predicted octanol–water partition coefficient (Wildman–Crippen LogP) is 4.80. The second-order valence-corrected chi connectivity index (χ2v) is 8.98. The molecular formula is C26H40N2O4. The van der Waals surface area contributed by atoms with Gasteiger partial charge in [0, 0.05) is 19.6 Å². The van der Waals surface area contributed by atoms with Gasteiger partial charge in [-0.25, -0.2) is 0 Å². The molecule has 6 nitrogen and oxygen atoms in total. The molecule has 178 valence electrons. The lowest BCUT2D eigenvalue weighted by Gasteiger charge is -2.19. The van der Waals surface area contributed by atoms with E-state index in [4.69, 9.17) is 9.47 Å². The van der Waals surface area contributed by atoms with E-state index in [0.29, 0.717) is 38.1 Å². The van der Waals surface area contributed by atoms with E-state index in [9.17, 15) is 9.90 Å². The number of hydrogen-bond donors (Lipinski definition) is 2. The van der Waals surface area contributed by atoms with Crippen LogP contribution in [0.4, 0.5) is 0 Å². The lowest BCUT2D eigenvalue weighted by molar-refractivity contribution is -0.125. The van der Waals surface area contributed by atoms with Crippen LogP contribution < -0.4 is 5.32 Å². The summed E-state index contributed by atoms with van der Waals surface area (Å²) in [6.07, 6.45) is 11.5. The second kappa shape index (κ2) is 13.8. The highest BCUT2D eigenvalue weighted by Gasteiger charge is 2.22. The zero-order valence-electron chi connectivity index (χ0n) is 20.3. The lowest BCUT2D eigenvalue weighted by Crippen LogP contribution is -2.30. The largest absolute Gasteiger partial charge is 0.507 e. The van der Waals surface area contributed by atoms with Crippen molar-refractivity contribution in [2.75, 3.05) is 33.0 Å². The maximum Gasteiger partial charge on any atom is 0.257 e. The summed E-state index contributed by atoms with van der Waals surface area (Å²) in [5.41, 5.74) is 0.889. The van der Waals surface area contributed by atoms with E-state index in [1.165, 1.54) is 6.08 Å². The number of ether oxygens (including phenoxy) is 2. The third-order valence-electron chi connectivity index (χ3n) is 4.45. The summed E-state index contributed by atoms with van der Waals surface area (Å²) in [5.74, 6) is 0.616. The van der Waals surface area contributed by atoms with Crippen molar-refractivity contribution < 1.29 is 19.4 Å². The van der Waals surface area contributed by atoms with E-state index in [1.807, 2.05) is 52.8 Å². The molecule has 0 aromatic carbocycles. The van der Waals surface area contributed by atoms with Gasteiger partial charge in [-0.2, -0.15) is 0 Å². The van der Waals surface area contributed by atoms with Gasteiger partial charge in [0.2, 0.25) is 0 Å². The Bertz CT molecular complexity index is 767. The van der Waals surface area contributed by atoms with Crippen LogP contribution in [0, 0.1) is 5.92 Å². The van der Waals surface area contributed by atoms with Crippen molar-refractivity contribution in [1.82, 2.24) is 10.2 Å². The highest BCUT2D eigenvalue weighted by molar-refractivity contribution is 5.97. The van der Waals surface area contributed by atoms with Gasteiger partial charge in [-0.05, 0) is 56.9 Å². The van der Waals surface area contributed by atoms with E-state index < -0.39 is 0 Å². The Morgan fingerprint density at radius 3 is 2.72 bits per heavy atom. The average Bonchev–Trinajstić information content (AvgIpc) is 3.18. The van der Waals surface area contributed by atoms with E-state index in [2.05, 4.69) is 18.5 Å². The van der Waals surface area contributed by atoms with Crippen molar-refractivity contribution in [3.8, 4) is 0 Å². The van der Waals surface area contributed by atoms with Gasteiger partial charge in [0.25, 0.3) is 5.91 Å². The van der Waals surface area contributed by atoms with Crippen LogP contribution in [0.3, 0.4) is 0 Å². The summed E-state index contributed by atoms with van der Waals surface area (Å²) < 4.78 is 11.4. The topological polar surface area (TPSA) is 71.0 Å². The number of aliphatic hydroxyl groups is 1. The Morgan fingerprint density at radius 2 is 2.09 bits per heavy atom. The highest BCUT2D eigenvalue weighted by Crippen LogP contribution is 2.18. The van der Waals surface area contributed by atoms with Crippen molar-refractivity contribution in [2.24, 2.45) is 5.92 Å². The number of allylic oxidation sites excluding steroid dienone is 4. The molecule has 6 heteroatoms. The van der Waals surface area contributed by atoms with Gasteiger partial charge >= 0.3 is 0 Å². The summed E-state index contributed by atoms with van der Waals surface area (Å²) in [5, 5.41) is 13.3. The molecule has 0 spiro atoms. The van der Waals surface area contributed by atoms with Crippen LogP contribution in [0.25, 0.3) is 0 Å². The summed E-state index contributed by atoms with van der Waals surface area (Å²) >= 11 is 0. The molecule has 0 bridgehead atoms. The van der Waals surface area contributed by atoms with Crippen LogP contribution in [0.5, 0.6) is 0 Å². The van der Waals surface area contributed by atoms with E-state index in [0.717, 1.165) is 18.5 Å². The zero-order chi connectivity index (χ0) is 24.1. The van der Waals surface area contributed by atoms with Crippen molar-refractivity contribution in [1.29, 1.82) is 0 Å². The number of hydrogen-bond acceptors (Lipinski definition) is 5. The number of aliphatic hydroxyl groups excluding tert-OH is 1. The molecule has 1 rings (SSSR count). The Morgan fingerprint density at radius 1 is 1.38 bits per heavy atom. The third kappa shape index (κ3) is 11.2. The number of nitrogens with zero attached hydrogens (tertiary/aromatic N) is 1. The molecule has 0 unspecified atom stereocenters. The van der Waals surface area contributed by atoms with Crippen molar-refractivity contribution in [3.05, 3.63) is 72.3 Å². The molecule has 1 heterocycles. The van der Waals surface area contributed by atoms with Crippen LogP contribution in [-0.2, 0) is 14.3 Å². The van der Waals surface area contributed by atoms with Crippen LogP contribution >= 0.6 is 0 Å². The minimum Gasteiger partial charge on any atom is -0.507 e. The predicted molar refractivity (Wildman–Crippen MR) is 131 cm³/mol. The summed E-state index contributed by atoms with van der Waals surface area (Å²) in [6, 6.07) is 0. The summed E-state index contributed by atoms with van der Waals surface area (Å²) in [6.45, 7) is 20.4. The molecule has 1 amide bonds. The van der Waals surface area contributed by atoms with Crippen LogP contribution in [0.1, 0.15) is 41.0 Å². The number of rotatable bonds is 13. The number of amides is 1. The van der Waals surface area contributed by atoms with Crippen molar-refractivity contribution in [3.63, 3.8) is 0 Å². The second-order valence-electron chi connectivity index (χ2n) is 8.98. The minimum absolute atomic E-state index is 0.0835. The SMILES string of the molecule is C=C/C(=C\C1=CCN(C(=O)C(=C)/C(O)=C\C=C\C(C)C)C1)OCCCNCOC(C)(C)C. The smallest absolute Gasteiger partial charge is 0.257 e. The van der Waals surface area contributed by atoms with Gasteiger partial charge < -0.3 is 19.5 Å². The van der Waals surface area contributed by atoms with Crippen molar-refractivity contribution in [2.45, 2.75) is 46.6 Å². The van der Waals surface area contributed by atoms with Gasteiger partial charge in [-0.3, -0.25) is 10.1 Å². The Kier molecular flexibility index (Phi) is 11.8. The Balaban J connectivity index is 2.45. The molecule has 32 heavy (non-hydrogen) atoms. The first-order valence-corrected chi connectivity index (χ1v) is 11.1. The third-order valence-corrected chi connectivity index (χ3v) is 4.45. The van der Waals surface area contributed by atoms with E-state index in [-0.39, 0.29) is 22.8 Å². The van der Waals surface area contributed by atoms with Crippen LogP contribution in [-0.4, -0.2) is 54.5 Å². The van der Waals surface area contributed by atoms with E-state index >= 15 is 0 Å². The maximum atomic E-state index is 12.6. The maximum absolute atomic E-state index is 12.6. The standard InChI is InChI=1S/C26H40N2O4/c1-8-23(31-16-10-14-27-19-32-26(5,6)7)17-22-13-15-28(18-22)25(30)21(4)24(29)12-9-11-20(2)3/h8-9,11-13,17,20,27,29H,1,4,10,14-16,18-19H2,2-3,5-7H3/b11-9+,23-17+,24-12+. The summed E-state index contributed by atoms with van der Waals surface area (Å²) in [4.78, 5) is 14.3. The Hall–Kier alpha value is -2.57. The molecule has 0 fully saturated rings. The fourth-order valence-corrected chi connectivity index (χ4v) is 2.68. The quantitative estimate of drug-likeness (QED) is 0.140. The minimum atomic E-state index is -0.291. The van der Waals surface area contributed by atoms with Crippen LogP contribution in [0.15, 0.2) is 72.3 Å². The molecule has 0 saturated carbocycles. The molecule has 0 atom stereocenters. The van der Waals surface area contributed by atoms with Gasteiger partial charge in [0.1, 0.15) is 11.5 Å². The normalized spacial score (nSPS) is 15.4. The average molecular weight is 445 g/mol. The van der Waals surface area contributed by atoms with Gasteiger partial charge in [0.05, 0.1) is 24.5 Å². The first-order valence-electron chi connectivity index (χ1n) is 11.1. The molecule has 0 aromatic rings. The highest BCUT2D eigenvalue weighted by atomic mass is 16.5. The summed E-state index contributed by atoms with van der Waals surface area (Å²) in [7, 11) is 0. The van der Waals surface area contributed by atoms with Gasteiger partial charge in [-0.15, -0.1) is 0 Å². The first-order chi connectivity index (χ1) is 15.0. The number of nitrogens with one attached hydrogen (secondary N) is 1. The van der Waals surface area contributed by atoms with Crippen molar-refractivity contribution >= 4 is 5.91 Å². The molecule has 1 aliphatic rings. The number of carbonyl (C=O) groups excluding carboxylic acids is 1. The van der Waals surface area contributed by atoms with Gasteiger partial charge in [-0.1, -0.05) is 45.2 Å². The molecule has 0 aromatic heterocycles. The molecule has 0 aliphatic carbocycles. The molecule has 1 aliphatic heterocycles. The molecular weight excluding hydrogens is 404 g/mol. The monoisotopic (exact) mass is 444 g/mol. The lowest BCUT2D eigenvalue weighted by atomic mass is 10.1. The zero-order valence-corrected chi connectivity index (χ0v) is 20.3.